The summed E-state index contributed by atoms with van der Waals surface area (Å²) in [6.45, 7) is 3.81. The summed E-state index contributed by atoms with van der Waals surface area (Å²) < 4.78 is 12.2. The number of carboxylic acids is 1. The Labute approximate surface area is 166 Å². The highest BCUT2D eigenvalue weighted by atomic mass is 32.1. The molecule has 0 unspecified atom stereocenters. The molecule has 0 bridgehead atoms. The van der Waals surface area contributed by atoms with Gasteiger partial charge in [-0.1, -0.05) is 12.1 Å². The molecule has 1 aromatic heterocycles. The van der Waals surface area contributed by atoms with Crippen molar-refractivity contribution in [1.29, 1.82) is 0 Å². The summed E-state index contributed by atoms with van der Waals surface area (Å²) in [5.41, 5.74) is 1.15. The van der Waals surface area contributed by atoms with Gasteiger partial charge in [-0.05, 0) is 49.7 Å². The van der Waals surface area contributed by atoms with Crippen LogP contribution in [0.15, 0.2) is 42.5 Å². The van der Waals surface area contributed by atoms with E-state index in [0.29, 0.717) is 27.6 Å². The molecule has 6 nitrogen and oxygen atoms in total. The molecule has 2 N–H and O–H groups in total. The van der Waals surface area contributed by atoms with Crippen molar-refractivity contribution in [2.24, 2.45) is 0 Å². The zero-order valence-corrected chi connectivity index (χ0v) is 16.6. The van der Waals surface area contributed by atoms with Crippen LogP contribution in [0.5, 0.6) is 11.5 Å². The Kier molecular flexibility index (Phi) is 5.84. The predicted octanol–water partition coefficient (Wildman–Crippen LogP) is 4.58. The third-order valence-corrected chi connectivity index (χ3v) is 5.10. The molecule has 0 saturated heterocycles. The molecule has 0 radical (unpaired) electrons. The number of carboxylic acid groups (broad SMARTS) is 1. The number of carbonyl (C=O) groups is 2. The maximum Gasteiger partial charge on any atom is 0.307 e. The fourth-order valence-corrected chi connectivity index (χ4v) is 3.82. The van der Waals surface area contributed by atoms with E-state index < -0.39 is 5.97 Å². The topological polar surface area (TPSA) is 84.9 Å². The molecule has 0 aliphatic heterocycles. The van der Waals surface area contributed by atoms with Gasteiger partial charge in [0.25, 0.3) is 5.91 Å². The smallest absolute Gasteiger partial charge is 0.307 e. The summed E-state index contributed by atoms with van der Waals surface area (Å²) in [4.78, 5) is 24.3. The Morgan fingerprint density at radius 3 is 2.64 bits per heavy atom. The Morgan fingerprint density at radius 1 is 1.18 bits per heavy atom. The number of rotatable bonds is 7. The second-order valence-electron chi connectivity index (χ2n) is 6.51. The Balaban J connectivity index is 1.95. The van der Waals surface area contributed by atoms with Crippen molar-refractivity contribution in [3.05, 3.63) is 52.9 Å². The van der Waals surface area contributed by atoms with E-state index >= 15 is 0 Å². The number of aliphatic carboxylic acids is 1. The molecule has 3 aromatic rings. The van der Waals surface area contributed by atoms with Crippen LogP contribution >= 0.6 is 11.3 Å². The van der Waals surface area contributed by atoms with Crippen LogP contribution in [-0.4, -0.2) is 30.2 Å². The molecule has 0 aliphatic rings. The highest BCUT2D eigenvalue weighted by molar-refractivity contribution is 7.21. The van der Waals surface area contributed by atoms with E-state index in [0.717, 1.165) is 10.1 Å². The molecular formula is C21H21NO5S. The summed E-state index contributed by atoms with van der Waals surface area (Å²) in [6, 6.07) is 12.4. The summed E-state index contributed by atoms with van der Waals surface area (Å²) in [5, 5.41) is 12.6. The van der Waals surface area contributed by atoms with Gasteiger partial charge < -0.3 is 19.9 Å². The van der Waals surface area contributed by atoms with E-state index in [4.69, 9.17) is 14.6 Å². The van der Waals surface area contributed by atoms with Crippen molar-refractivity contribution < 1.29 is 24.2 Å². The van der Waals surface area contributed by atoms with Crippen molar-refractivity contribution in [2.45, 2.75) is 26.4 Å². The van der Waals surface area contributed by atoms with Crippen LogP contribution in [0.1, 0.15) is 29.1 Å². The maximum absolute atomic E-state index is 12.9. The molecule has 28 heavy (non-hydrogen) atoms. The van der Waals surface area contributed by atoms with Crippen LogP contribution in [0.25, 0.3) is 10.1 Å². The van der Waals surface area contributed by atoms with E-state index in [9.17, 15) is 9.59 Å². The summed E-state index contributed by atoms with van der Waals surface area (Å²) >= 11 is 1.34. The van der Waals surface area contributed by atoms with Gasteiger partial charge in [-0.15, -0.1) is 11.3 Å². The van der Waals surface area contributed by atoms with Crippen molar-refractivity contribution in [1.82, 2.24) is 0 Å². The molecule has 0 spiro atoms. The van der Waals surface area contributed by atoms with Crippen LogP contribution in [0.2, 0.25) is 0 Å². The average molecular weight is 399 g/mol. The normalized spacial score (nSPS) is 10.9. The van der Waals surface area contributed by atoms with Gasteiger partial charge in [0.2, 0.25) is 0 Å². The number of carbonyl (C=O) groups excluding carboxylic acids is 1. The Morgan fingerprint density at radius 2 is 1.96 bits per heavy atom. The molecule has 146 valence electrons. The van der Waals surface area contributed by atoms with E-state index in [2.05, 4.69) is 5.32 Å². The lowest BCUT2D eigenvalue weighted by Gasteiger charge is -2.12. The van der Waals surface area contributed by atoms with Crippen LogP contribution in [0.3, 0.4) is 0 Å². The Hall–Kier alpha value is -3.06. The molecule has 0 aliphatic carbocycles. The minimum absolute atomic E-state index is 0.102. The van der Waals surface area contributed by atoms with Gasteiger partial charge in [0.15, 0.2) is 5.75 Å². The molecule has 1 heterocycles. The van der Waals surface area contributed by atoms with Gasteiger partial charge in [0, 0.05) is 15.8 Å². The number of hydrogen-bond donors (Lipinski definition) is 2. The first-order valence-corrected chi connectivity index (χ1v) is 9.58. The molecular weight excluding hydrogens is 378 g/mol. The largest absolute Gasteiger partial charge is 0.497 e. The lowest BCUT2D eigenvalue weighted by atomic mass is 10.1. The van der Waals surface area contributed by atoms with E-state index in [1.807, 2.05) is 32.0 Å². The lowest BCUT2D eigenvalue weighted by Crippen LogP contribution is -2.14. The van der Waals surface area contributed by atoms with Crippen molar-refractivity contribution >= 4 is 39.0 Å². The van der Waals surface area contributed by atoms with E-state index in [-0.39, 0.29) is 18.4 Å². The third kappa shape index (κ3) is 4.43. The van der Waals surface area contributed by atoms with Crippen LogP contribution in [-0.2, 0) is 11.2 Å². The van der Waals surface area contributed by atoms with Gasteiger partial charge in [-0.25, -0.2) is 0 Å². The van der Waals surface area contributed by atoms with Crippen molar-refractivity contribution in [2.75, 3.05) is 12.4 Å². The summed E-state index contributed by atoms with van der Waals surface area (Å²) in [7, 11) is 1.59. The van der Waals surface area contributed by atoms with Gasteiger partial charge in [0.1, 0.15) is 10.6 Å². The number of anilines is 1. The Bertz CT molecular complexity index is 1020. The molecule has 0 fully saturated rings. The number of methoxy groups -OCH3 is 1. The number of amides is 1. The van der Waals surface area contributed by atoms with Gasteiger partial charge >= 0.3 is 5.97 Å². The zero-order chi connectivity index (χ0) is 20.3. The zero-order valence-electron chi connectivity index (χ0n) is 15.8. The molecule has 3 rings (SSSR count). The third-order valence-electron chi connectivity index (χ3n) is 3.95. The van der Waals surface area contributed by atoms with Gasteiger partial charge in [0.05, 0.1) is 19.6 Å². The molecule has 7 heteroatoms. The first-order valence-electron chi connectivity index (χ1n) is 8.76. The van der Waals surface area contributed by atoms with Gasteiger partial charge in [-0.2, -0.15) is 0 Å². The molecule has 0 atom stereocenters. The average Bonchev–Trinajstić information content (AvgIpc) is 2.98. The SMILES string of the molecule is COc1ccc2sc(C(=O)Nc3cccc(CC(=O)O)c3)c(OC(C)C)c2c1. The lowest BCUT2D eigenvalue weighted by molar-refractivity contribution is -0.136. The number of fused-ring (bicyclic) bond motifs is 1. The van der Waals surface area contributed by atoms with Crippen molar-refractivity contribution in [3.8, 4) is 11.5 Å². The number of hydrogen-bond acceptors (Lipinski definition) is 5. The molecule has 0 saturated carbocycles. The minimum atomic E-state index is -0.922. The minimum Gasteiger partial charge on any atom is -0.497 e. The first kappa shape index (κ1) is 19.7. The van der Waals surface area contributed by atoms with E-state index in [1.54, 1.807) is 31.4 Å². The number of benzene rings is 2. The predicted molar refractivity (Wildman–Crippen MR) is 110 cm³/mol. The fraction of sp³-hybridized carbons (Fsp3) is 0.238. The summed E-state index contributed by atoms with van der Waals surface area (Å²) in [5.74, 6) is -0.0156. The second kappa shape index (κ2) is 8.31. The maximum atomic E-state index is 12.9. The molecule has 1 amide bonds. The second-order valence-corrected chi connectivity index (χ2v) is 7.57. The number of ether oxygens (including phenoxy) is 2. The van der Waals surface area contributed by atoms with Gasteiger partial charge in [-0.3, -0.25) is 9.59 Å². The quantitative estimate of drug-likeness (QED) is 0.608. The number of thiophene rings is 1. The monoisotopic (exact) mass is 399 g/mol. The summed E-state index contributed by atoms with van der Waals surface area (Å²) in [6.07, 6.45) is -0.205. The van der Waals surface area contributed by atoms with Crippen LogP contribution < -0.4 is 14.8 Å². The number of nitrogens with one attached hydrogen (secondary N) is 1. The highest BCUT2D eigenvalue weighted by Gasteiger charge is 2.21. The molecule has 2 aromatic carbocycles. The van der Waals surface area contributed by atoms with Crippen LogP contribution in [0.4, 0.5) is 5.69 Å². The van der Waals surface area contributed by atoms with E-state index in [1.165, 1.54) is 11.3 Å². The highest BCUT2D eigenvalue weighted by Crippen LogP contribution is 2.40. The standard InChI is InChI=1S/C21H21NO5S/c1-12(2)27-19-16-11-15(26-3)7-8-17(16)28-20(19)21(25)22-14-6-4-5-13(9-14)10-18(23)24/h4-9,11-12H,10H2,1-3H3,(H,22,25)(H,23,24). The van der Waals surface area contributed by atoms with Crippen molar-refractivity contribution in [3.63, 3.8) is 0 Å². The van der Waals surface area contributed by atoms with Crippen LogP contribution in [0, 0.1) is 0 Å². The first-order chi connectivity index (χ1) is 13.4. The fourth-order valence-electron chi connectivity index (χ4n) is 2.80.